The summed E-state index contributed by atoms with van der Waals surface area (Å²) in [5.41, 5.74) is -7.52. The van der Waals surface area contributed by atoms with E-state index in [1.807, 2.05) is 0 Å². The summed E-state index contributed by atoms with van der Waals surface area (Å²) in [5.74, 6) is 0. The maximum atomic E-state index is 12.5. The van der Waals surface area contributed by atoms with Gasteiger partial charge in [0.05, 0.1) is 15.4 Å². The Morgan fingerprint density at radius 2 is 1.96 bits per heavy atom. The average Bonchev–Trinajstić information content (AvgIpc) is 2.41. The van der Waals surface area contributed by atoms with Crippen molar-refractivity contribution in [3.8, 4) is 0 Å². The van der Waals surface area contributed by atoms with Crippen molar-refractivity contribution in [1.29, 1.82) is 0 Å². The van der Waals surface area contributed by atoms with Gasteiger partial charge in [0, 0.05) is 12.6 Å². The normalized spacial score (nSPS) is 17.4. The summed E-state index contributed by atoms with van der Waals surface area (Å²) < 4.78 is 60.1. The second-order valence-electron chi connectivity index (χ2n) is 5.32. The Kier molecular flexibility index (Phi) is 4.28. The minimum Gasteiger partial charge on any atom is -0.388 e. The van der Waals surface area contributed by atoms with Gasteiger partial charge in [0.25, 0.3) is 15.5 Å². The molecule has 0 heterocycles. The SMILES string of the molecule is O=[N+]([O-])c1cc(S(=O)(=O)C(F)(F)F)ccc1NCC1(O)CCC1. The Bertz CT molecular complexity index is 729. The lowest BCUT2D eigenvalue weighted by Gasteiger charge is -2.36. The van der Waals surface area contributed by atoms with Crippen molar-refractivity contribution >= 4 is 21.2 Å². The predicted octanol–water partition coefficient (Wildman–Crippen LogP) is 2.22. The quantitative estimate of drug-likeness (QED) is 0.620. The van der Waals surface area contributed by atoms with Crippen molar-refractivity contribution in [3.63, 3.8) is 0 Å². The van der Waals surface area contributed by atoms with Gasteiger partial charge >= 0.3 is 5.51 Å². The average molecular weight is 354 g/mol. The molecule has 2 N–H and O–H groups in total. The number of hydrogen-bond acceptors (Lipinski definition) is 6. The van der Waals surface area contributed by atoms with Gasteiger partial charge in [0.2, 0.25) is 0 Å². The second-order valence-corrected chi connectivity index (χ2v) is 7.26. The van der Waals surface area contributed by atoms with Crippen LogP contribution in [0.3, 0.4) is 0 Å². The first-order valence-electron chi connectivity index (χ1n) is 6.52. The van der Waals surface area contributed by atoms with Crippen LogP contribution >= 0.6 is 0 Å². The second kappa shape index (κ2) is 5.64. The van der Waals surface area contributed by atoms with Gasteiger partial charge in [-0.2, -0.15) is 13.2 Å². The fraction of sp³-hybridized carbons (Fsp3) is 0.500. The number of nitro groups is 1. The molecular formula is C12H13F3N2O5S. The first-order valence-corrected chi connectivity index (χ1v) is 8.01. The Labute approximate surface area is 129 Å². The van der Waals surface area contributed by atoms with Gasteiger partial charge in [-0.25, -0.2) is 8.42 Å². The zero-order valence-electron chi connectivity index (χ0n) is 11.6. The van der Waals surface area contributed by atoms with Crippen LogP contribution in [0.2, 0.25) is 0 Å². The molecule has 128 valence electrons. The lowest BCUT2D eigenvalue weighted by Crippen LogP contribution is -2.43. The van der Waals surface area contributed by atoms with Crippen molar-refractivity contribution in [3.05, 3.63) is 28.3 Å². The van der Waals surface area contributed by atoms with Crippen LogP contribution in [0.25, 0.3) is 0 Å². The molecule has 11 heteroatoms. The summed E-state index contributed by atoms with van der Waals surface area (Å²) in [6, 6.07) is 1.89. The number of nitro benzene ring substituents is 1. The molecule has 0 unspecified atom stereocenters. The van der Waals surface area contributed by atoms with Gasteiger partial charge in [-0.1, -0.05) is 0 Å². The zero-order valence-corrected chi connectivity index (χ0v) is 12.4. The Hall–Kier alpha value is -1.88. The minimum absolute atomic E-state index is 0.0147. The van der Waals surface area contributed by atoms with Gasteiger partial charge in [0.1, 0.15) is 5.69 Å². The third kappa shape index (κ3) is 3.39. The molecule has 1 aromatic carbocycles. The number of nitrogens with one attached hydrogen (secondary N) is 1. The molecular weight excluding hydrogens is 341 g/mol. The van der Waals surface area contributed by atoms with E-state index in [4.69, 9.17) is 0 Å². The van der Waals surface area contributed by atoms with Crippen molar-refractivity contribution in [2.45, 2.75) is 35.3 Å². The summed E-state index contributed by atoms with van der Waals surface area (Å²) in [5, 5.41) is 23.5. The third-order valence-electron chi connectivity index (χ3n) is 3.67. The predicted molar refractivity (Wildman–Crippen MR) is 73.6 cm³/mol. The third-order valence-corrected chi connectivity index (χ3v) is 5.16. The largest absolute Gasteiger partial charge is 0.501 e. The van der Waals surface area contributed by atoms with Crippen molar-refractivity contribution < 1.29 is 31.6 Å². The zero-order chi connectivity index (χ0) is 17.5. The number of aliphatic hydroxyl groups is 1. The highest BCUT2D eigenvalue weighted by Gasteiger charge is 2.47. The first-order chi connectivity index (χ1) is 10.5. The van der Waals surface area contributed by atoms with Gasteiger partial charge in [-0.3, -0.25) is 10.1 Å². The standard InChI is InChI=1S/C12H13F3N2O5S/c13-12(14,15)23(21,22)8-2-3-9(10(6-8)17(19)20)16-7-11(18)4-1-5-11/h2-3,6,16,18H,1,4-5,7H2. The van der Waals surface area contributed by atoms with Crippen LogP contribution in [0.4, 0.5) is 24.5 Å². The van der Waals surface area contributed by atoms with E-state index in [1.54, 1.807) is 0 Å². The molecule has 1 fully saturated rings. The molecule has 7 nitrogen and oxygen atoms in total. The number of anilines is 1. The Balaban J connectivity index is 2.34. The summed E-state index contributed by atoms with van der Waals surface area (Å²) in [7, 11) is -5.67. The van der Waals surface area contributed by atoms with Gasteiger partial charge < -0.3 is 10.4 Å². The number of rotatable bonds is 5. The first kappa shape index (κ1) is 17.5. The molecule has 0 atom stereocenters. The van der Waals surface area contributed by atoms with E-state index in [9.17, 15) is 36.8 Å². The van der Waals surface area contributed by atoms with Crippen LogP contribution in [0.5, 0.6) is 0 Å². The van der Waals surface area contributed by atoms with Gasteiger partial charge in [-0.05, 0) is 31.4 Å². The molecule has 0 radical (unpaired) electrons. The highest BCUT2D eigenvalue weighted by Crippen LogP contribution is 2.36. The van der Waals surface area contributed by atoms with Crippen LogP contribution in [0.15, 0.2) is 23.1 Å². The molecule has 23 heavy (non-hydrogen) atoms. The molecule has 0 saturated heterocycles. The van der Waals surface area contributed by atoms with E-state index >= 15 is 0 Å². The molecule has 0 amide bonds. The fourth-order valence-electron chi connectivity index (χ4n) is 2.13. The Morgan fingerprint density at radius 1 is 1.35 bits per heavy atom. The smallest absolute Gasteiger partial charge is 0.388 e. The lowest BCUT2D eigenvalue weighted by atomic mass is 9.80. The molecule has 1 aliphatic rings. The highest BCUT2D eigenvalue weighted by atomic mass is 32.2. The number of sulfone groups is 1. The van der Waals surface area contributed by atoms with Crippen LogP contribution in [-0.2, 0) is 9.84 Å². The Morgan fingerprint density at radius 3 is 2.39 bits per heavy atom. The molecule has 2 rings (SSSR count). The number of benzene rings is 1. The van der Waals surface area contributed by atoms with Crippen molar-refractivity contribution in [2.24, 2.45) is 0 Å². The van der Waals surface area contributed by atoms with Crippen LogP contribution in [-0.4, -0.2) is 36.1 Å². The topological polar surface area (TPSA) is 110 Å². The molecule has 1 aliphatic carbocycles. The number of halogens is 3. The van der Waals surface area contributed by atoms with Crippen LogP contribution < -0.4 is 5.32 Å². The summed E-state index contributed by atoms with van der Waals surface area (Å²) >= 11 is 0. The number of alkyl halides is 3. The van der Waals surface area contributed by atoms with E-state index in [-0.39, 0.29) is 12.2 Å². The maximum absolute atomic E-state index is 12.5. The van der Waals surface area contributed by atoms with Crippen molar-refractivity contribution in [2.75, 3.05) is 11.9 Å². The number of hydrogen-bond donors (Lipinski definition) is 2. The van der Waals surface area contributed by atoms with Gasteiger partial charge in [-0.15, -0.1) is 0 Å². The van der Waals surface area contributed by atoms with E-state index in [2.05, 4.69) is 5.32 Å². The van der Waals surface area contributed by atoms with Crippen molar-refractivity contribution in [1.82, 2.24) is 0 Å². The van der Waals surface area contributed by atoms with E-state index < -0.39 is 36.5 Å². The van der Waals surface area contributed by atoms with Gasteiger partial charge in [0.15, 0.2) is 0 Å². The molecule has 0 spiro atoms. The number of nitrogens with zero attached hydrogens (tertiary/aromatic N) is 1. The van der Waals surface area contributed by atoms with E-state index in [0.717, 1.165) is 12.5 Å². The van der Waals surface area contributed by atoms with Crippen LogP contribution in [0.1, 0.15) is 19.3 Å². The molecule has 1 saturated carbocycles. The molecule has 0 aliphatic heterocycles. The monoisotopic (exact) mass is 354 g/mol. The molecule has 0 bridgehead atoms. The maximum Gasteiger partial charge on any atom is 0.501 e. The summed E-state index contributed by atoms with van der Waals surface area (Å²) in [4.78, 5) is 8.80. The summed E-state index contributed by atoms with van der Waals surface area (Å²) in [6.07, 6.45) is 1.83. The minimum atomic E-state index is -5.67. The lowest BCUT2D eigenvalue weighted by molar-refractivity contribution is -0.384. The van der Waals surface area contributed by atoms with Crippen LogP contribution in [0, 0.1) is 10.1 Å². The summed E-state index contributed by atoms with van der Waals surface area (Å²) in [6.45, 7) is -0.0147. The highest BCUT2D eigenvalue weighted by molar-refractivity contribution is 7.92. The van der Waals surface area contributed by atoms with E-state index in [0.29, 0.717) is 25.0 Å². The molecule has 1 aromatic rings. The van der Waals surface area contributed by atoms with E-state index in [1.165, 1.54) is 0 Å². The molecule has 0 aromatic heterocycles. The fourth-order valence-corrected chi connectivity index (χ4v) is 2.92.